The van der Waals surface area contributed by atoms with E-state index in [-0.39, 0.29) is 49.5 Å². The Morgan fingerprint density at radius 2 is 1.88 bits per heavy atom. The van der Waals surface area contributed by atoms with Gasteiger partial charge in [0.05, 0.1) is 29.9 Å². The number of aryl methyl sites for hydroxylation is 1. The number of ketones is 1. The number of rotatable bonds is 9. The first-order chi connectivity index (χ1) is 26.8. The zero-order chi connectivity index (χ0) is 41.4. The number of fused-ring (bicyclic) bond motifs is 3. The summed E-state index contributed by atoms with van der Waals surface area (Å²) in [4.78, 5) is 67.5. The third-order valence-corrected chi connectivity index (χ3v) is 13.4. The van der Waals surface area contributed by atoms with E-state index in [1.165, 1.54) is 30.3 Å². The average molecular weight is 825 g/mol. The molecule has 2 aromatic heterocycles. The first-order valence-electron chi connectivity index (χ1n) is 19.9. The Morgan fingerprint density at radius 1 is 1.12 bits per heavy atom. The molecule has 5 atom stereocenters. The van der Waals surface area contributed by atoms with Gasteiger partial charge in [-0.2, -0.15) is 17.7 Å². The lowest BCUT2D eigenvalue weighted by Gasteiger charge is -2.29. The zero-order valence-electron chi connectivity index (χ0n) is 34.2. The molecule has 0 radical (unpaired) electrons. The van der Waals surface area contributed by atoms with Crippen molar-refractivity contribution in [3.63, 3.8) is 0 Å². The van der Waals surface area contributed by atoms with E-state index >= 15 is 0 Å². The SMILES string of the molecule is Cc1csc(-c2cccc3c2nc(O[C@@H]2C[C@H]4C(=O)C[C@]5(C(=O)NS(=O)(=O)N(C)C)C[C@H]5/C=C\CCCCC[C@H](CC(=O)OC(C)(C)C)C(=O)N4C2)n3C(C)C)n1. The number of hydrogen-bond donors (Lipinski definition) is 1. The number of para-hydroxylation sites is 1. The minimum atomic E-state index is -4.13. The van der Waals surface area contributed by atoms with Crippen LogP contribution in [0.4, 0.5) is 0 Å². The van der Waals surface area contributed by atoms with Gasteiger partial charge in [-0.05, 0) is 85.3 Å². The fourth-order valence-corrected chi connectivity index (χ4v) is 9.44. The van der Waals surface area contributed by atoms with Gasteiger partial charge in [0.25, 0.3) is 6.01 Å². The smallest absolute Gasteiger partial charge is 0.307 e. The Balaban J connectivity index is 1.36. The first-order valence-corrected chi connectivity index (χ1v) is 22.2. The van der Waals surface area contributed by atoms with Gasteiger partial charge in [0.15, 0.2) is 5.78 Å². The molecule has 0 unspecified atom stereocenters. The van der Waals surface area contributed by atoms with Crippen LogP contribution >= 0.6 is 11.3 Å². The summed E-state index contributed by atoms with van der Waals surface area (Å²) in [7, 11) is -1.48. The number of ether oxygens (including phenoxy) is 2. The molecule has 2 aliphatic heterocycles. The molecule has 1 N–H and O–H groups in total. The van der Waals surface area contributed by atoms with Gasteiger partial charge in [0.2, 0.25) is 11.8 Å². The molecule has 310 valence electrons. The molecule has 14 nitrogen and oxygen atoms in total. The van der Waals surface area contributed by atoms with E-state index < -0.39 is 51.2 Å². The van der Waals surface area contributed by atoms with Crippen molar-refractivity contribution in [1.29, 1.82) is 0 Å². The number of imidazole rings is 1. The number of benzene rings is 1. The predicted molar refractivity (Wildman–Crippen MR) is 218 cm³/mol. The number of amides is 2. The highest BCUT2D eigenvalue weighted by molar-refractivity contribution is 7.87. The standard InChI is InChI=1S/C41H56N6O8S2/c1-25(2)47-31-18-14-17-30(36-42-26(3)24-56-36)35(31)43-39(47)54-29-20-32-33(48)22-41(38(51)44-57(52,53)45(7)8)21-28(41)16-13-11-9-10-12-15-27(37(50)46(32)23-29)19-34(49)55-40(4,5)6/h13-14,16-18,24-25,27-29,32H,9-12,15,19-23H2,1-8H3,(H,44,51)/b16-13-/t27-,28-,29-,32+,41-/m1/s1. The number of nitrogens with one attached hydrogen (secondary N) is 1. The molecule has 1 saturated carbocycles. The lowest BCUT2D eigenvalue weighted by atomic mass is 9.90. The van der Waals surface area contributed by atoms with E-state index in [1.54, 1.807) is 20.8 Å². The summed E-state index contributed by atoms with van der Waals surface area (Å²) in [5.74, 6) is -3.04. The van der Waals surface area contributed by atoms with E-state index in [1.807, 2.05) is 61.1 Å². The quantitative estimate of drug-likeness (QED) is 0.195. The van der Waals surface area contributed by atoms with Crippen molar-refractivity contribution in [3.8, 4) is 16.6 Å². The molecule has 57 heavy (non-hydrogen) atoms. The number of allylic oxidation sites excluding steroid dienone is 2. The Kier molecular flexibility index (Phi) is 12.4. The highest BCUT2D eigenvalue weighted by atomic mass is 32.2. The zero-order valence-corrected chi connectivity index (χ0v) is 35.9. The van der Waals surface area contributed by atoms with Crippen LogP contribution in [-0.4, -0.2) is 94.1 Å². The van der Waals surface area contributed by atoms with Crippen LogP contribution in [0.1, 0.15) is 104 Å². The second kappa shape index (κ2) is 16.6. The molecule has 1 aromatic carbocycles. The van der Waals surface area contributed by atoms with Crippen LogP contribution in [0.25, 0.3) is 21.6 Å². The fraction of sp³-hybridized carbons (Fsp3) is 0.610. The summed E-state index contributed by atoms with van der Waals surface area (Å²) in [5, 5.41) is 2.82. The van der Waals surface area contributed by atoms with Gasteiger partial charge in [-0.3, -0.25) is 23.7 Å². The van der Waals surface area contributed by atoms with E-state index in [0.29, 0.717) is 25.3 Å². The summed E-state index contributed by atoms with van der Waals surface area (Å²) in [5.41, 5.74) is 1.33. The Labute approximate surface area is 339 Å². The molecule has 0 bridgehead atoms. The Bertz CT molecular complexity index is 2150. The first kappa shape index (κ1) is 42.5. The lowest BCUT2D eigenvalue weighted by molar-refractivity contribution is -0.159. The summed E-state index contributed by atoms with van der Waals surface area (Å²) in [6.07, 6.45) is 6.75. The van der Waals surface area contributed by atoms with Crippen LogP contribution in [0.15, 0.2) is 35.7 Å². The van der Waals surface area contributed by atoms with Crippen LogP contribution in [0.3, 0.4) is 0 Å². The van der Waals surface area contributed by atoms with Gasteiger partial charge in [0.1, 0.15) is 22.2 Å². The molecule has 0 spiro atoms. The monoisotopic (exact) mass is 824 g/mol. The van der Waals surface area contributed by atoms with Crippen molar-refractivity contribution in [2.75, 3.05) is 20.6 Å². The second-order valence-corrected chi connectivity index (χ2v) is 19.9. The Hall–Kier alpha value is -4.15. The van der Waals surface area contributed by atoms with Gasteiger partial charge >= 0.3 is 16.2 Å². The van der Waals surface area contributed by atoms with Gasteiger partial charge in [-0.1, -0.05) is 31.1 Å². The minimum absolute atomic E-state index is 0.0525. The highest BCUT2D eigenvalue weighted by Crippen LogP contribution is 2.57. The van der Waals surface area contributed by atoms with Crippen molar-refractivity contribution < 1.29 is 37.1 Å². The predicted octanol–water partition coefficient (Wildman–Crippen LogP) is 6.15. The van der Waals surface area contributed by atoms with E-state index in [4.69, 9.17) is 19.4 Å². The van der Waals surface area contributed by atoms with Crippen LogP contribution in [0, 0.1) is 24.2 Å². The molecular formula is C41H56N6O8S2. The molecule has 6 rings (SSSR count). The number of esters is 1. The van der Waals surface area contributed by atoms with Gasteiger partial charge in [-0.15, -0.1) is 11.3 Å². The molecule has 2 fully saturated rings. The number of carbonyl (C=O) groups excluding carboxylic acids is 4. The second-order valence-electron chi connectivity index (χ2n) is 17.2. The van der Waals surface area contributed by atoms with Gasteiger partial charge in [0, 0.05) is 55.5 Å². The van der Waals surface area contributed by atoms with Crippen LogP contribution < -0.4 is 9.46 Å². The van der Waals surface area contributed by atoms with Crippen molar-refractivity contribution in [2.24, 2.45) is 17.3 Å². The Morgan fingerprint density at radius 3 is 2.54 bits per heavy atom. The number of nitrogens with zero attached hydrogens (tertiary/aromatic N) is 5. The summed E-state index contributed by atoms with van der Waals surface area (Å²) in [6.45, 7) is 11.4. The number of Topliss-reactive ketones (excluding diaryl/α,β-unsaturated/α-hetero) is 1. The molecule has 1 aliphatic carbocycles. The third kappa shape index (κ3) is 9.44. The maximum absolute atomic E-state index is 14.7. The fourth-order valence-electron chi connectivity index (χ4n) is 8.00. The number of thiazole rings is 1. The summed E-state index contributed by atoms with van der Waals surface area (Å²) in [6, 6.07) is 5.22. The highest BCUT2D eigenvalue weighted by Gasteiger charge is 2.61. The lowest BCUT2D eigenvalue weighted by Crippen LogP contribution is -2.47. The van der Waals surface area contributed by atoms with Crippen molar-refractivity contribution in [1.82, 2.24) is 28.5 Å². The van der Waals surface area contributed by atoms with Crippen LogP contribution in [-0.2, 0) is 34.1 Å². The molecule has 1 saturated heterocycles. The summed E-state index contributed by atoms with van der Waals surface area (Å²) < 4.78 is 43.0. The normalized spacial score (nSPS) is 25.5. The molecule has 4 heterocycles. The number of hydrogen-bond acceptors (Lipinski definition) is 11. The van der Waals surface area contributed by atoms with Crippen LogP contribution in [0.2, 0.25) is 0 Å². The van der Waals surface area contributed by atoms with Gasteiger partial charge in [-0.25, -0.2) is 9.71 Å². The third-order valence-electron chi connectivity index (χ3n) is 11.0. The van der Waals surface area contributed by atoms with Crippen LogP contribution in [0.5, 0.6) is 6.01 Å². The molecule has 2 amide bonds. The van der Waals surface area contributed by atoms with E-state index in [0.717, 1.165) is 50.9 Å². The minimum Gasteiger partial charge on any atom is -0.460 e. The van der Waals surface area contributed by atoms with E-state index in [9.17, 15) is 27.6 Å². The van der Waals surface area contributed by atoms with E-state index in [2.05, 4.69) is 4.72 Å². The number of carbonyl (C=O) groups is 4. The molecule has 3 aliphatic rings. The molecule has 3 aromatic rings. The largest absolute Gasteiger partial charge is 0.460 e. The summed E-state index contributed by atoms with van der Waals surface area (Å²) >= 11 is 1.53. The maximum atomic E-state index is 14.7. The van der Waals surface area contributed by atoms with Crippen molar-refractivity contribution >= 4 is 56.1 Å². The number of aromatic nitrogens is 3. The maximum Gasteiger partial charge on any atom is 0.307 e. The average Bonchev–Trinajstić information content (AvgIpc) is 3.42. The topological polar surface area (TPSA) is 170 Å². The van der Waals surface area contributed by atoms with Gasteiger partial charge < -0.3 is 14.4 Å². The van der Waals surface area contributed by atoms with Crippen molar-refractivity contribution in [2.45, 2.75) is 123 Å². The van der Waals surface area contributed by atoms with Crippen molar-refractivity contribution in [3.05, 3.63) is 41.4 Å². The molecular weight excluding hydrogens is 769 g/mol. The molecule has 16 heteroatoms.